The van der Waals surface area contributed by atoms with Gasteiger partial charge in [-0.15, -0.1) is 35.7 Å². The van der Waals surface area contributed by atoms with Crippen molar-refractivity contribution in [3.63, 3.8) is 0 Å². The van der Waals surface area contributed by atoms with E-state index < -0.39 is 0 Å². The number of hydrogen-bond acceptors (Lipinski definition) is 3. The fourth-order valence-corrected chi connectivity index (χ4v) is 4.64. The molecule has 5 nitrogen and oxygen atoms in total. The van der Waals surface area contributed by atoms with Crippen LogP contribution in [0.5, 0.6) is 0 Å². The van der Waals surface area contributed by atoms with Crippen molar-refractivity contribution in [3.8, 4) is 0 Å². The van der Waals surface area contributed by atoms with Crippen molar-refractivity contribution < 1.29 is 4.79 Å². The molecule has 1 heterocycles. The van der Waals surface area contributed by atoms with E-state index in [-0.39, 0.29) is 29.9 Å². The van der Waals surface area contributed by atoms with Crippen LogP contribution < -0.4 is 10.6 Å². The molecule has 1 atom stereocenters. The average Bonchev–Trinajstić information content (AvgIpc) is 3.37. The molecule has 1 unspecified atom stereocenters. The molecule has 1 aliphatic carbocycles. The minimum absolute atomic E-state index is 0. The molecule has 0 spiro atoms. The van der Waals surface area contributed by atoms with Gasteiger partial charge in [0.15, 0.2) is 5.96 Å². The largest absolute Gasteiger partial charge is 0.356 e. The fraction of sp³-hybridized carbons (Fsp3) is 0.619. The van der Waals surface area contributed by atoms with Crippen molar-refractivity contribution in [3.05, 3.63) is 29.8 Å². The predicted molar refractivity (Wildman–Crippen MR) is 129 cm³/mol. The summed E-state index contributed by atoms with van der Waals surface area (Å²) >= 11 is 1.84. The van der Waals surface area contributed by atoms with Gasteiger partial charge in [-0.2, -0.15) is 0 Å². The highest BCUT2D eigenvalue weighted by molar-refractivity contribution is 14.0. The van der Waals surface area contributed by atoms with Crippen LogP contribution in [0.3, 0.4) is 0 Å². The van der Waals surface area contributed by atoms with E-state index in [4.69, 9.17) is 0 Å². The molecule has 0 aromatic heterocycles. The highest BCUT2D eigenvalue weighted by atomic mass is 127. The van der Waals surface area contributed by atoms with Gasteiger partial charge in [-0.05, 0) is 38.3 Å². The molecule has 28 heavy (non-hydrogen) atoms. The fourth-order valence-electron chi connectivity index (χ4n) is 3.87. The first kappa shape index (κ1) is 23.3. The number of carbonyl (C=O) groups is 1. The molecule has 3 rings (SSSR count). The van der Waals surface area contributed by atoms with Gasteiger partial charge >= 0.3 is 0 Å². The van der Waals surface area contributed by atoms with Crippen LogP contribution in [-0.2, 0) is 4.79 Å². The van der Waals surface area contributed by atoms with Gasteiger partial charge in [0.1, 0.15) is 0 Å². The van der Waals surface area contributed by atoms with E-state index in [9.17, 15) is 4.79 Å². The minimum Gasteiger partial charge on any atom is -0.356 e. The third kappa shape index (κ3) is 6.83. The number of aliphatic imine (C=N–C) groups is 1. The van der Waals surface area contributed by atoms with E-state index >= 15 is 0 Å². The van der Waals surface area contributed by atoms with Crippen LogP contribution >= 0.6 is 35.7 Å². The van der Waals surface area contributed by atoms with Gasteiger partial charge in [-0.3, -0.25) is 9.79 Å². The summed E-state index contributed by atoms with van der Waals surface area (Å²) in [5.74, 6) is 2.47. The van der Waals surface area contributed by atoms with Crippen molar-refractivity contribution in [2.45, 2.75) is 50.0 Å². The summed E-state index contributed by atoms with van der Waals surface area (Å²) in [5, 5.41) is 6.87. The van der Waals surface area contributed by atoms with Crippen molar-refractivity contribution in [1.82, 2.24) is 15.5 Å². The predicted octanol–water partition coefficient (Wildman–Crippen LogP) is 3.66. The van der Waals surface area contributed by atoms with Crippen molar-refractivity contribution in [2.24, 2.45) is 10.9 Å². The normalized spacial score (nSPS) is 20.1. The number of carbonyl (C=O) groups excluding carboxylic acids is 1. The van der Waals surface area contributed by atoms with Gasteiger partial charge in [-0.1, -0.05) is 30.5 Å². The van der Waals surface area contributed by atoms with E-state index in [1.807, 2.05) is 16.7 Å². The topological polar surface area (TPSA) is 56.7 Å². The Morgan fingerprint density at radius 2 is 1.93 bits per heavy atom. The Morgan fingerprint density at radius 1 is 1.21 bits per heavy atom. The summed E-state index contributed by atoms with van der Waals surface area (Å²) < 4.78 is 0. The number of aryl methyl sites for hydroxylation is 1. The monoisotopic (exact) mass is 516 g/mol. The quantitative estimate of drug-likeness (QED) is 0.199. The number of guanidine groups is 1. The van der Waals surface area contributed by atoms with E-state index in [0.29, 0.717) is 11.9 Å². The van der Waals surface area contributed by atoms with Crippen LogP contribution in [0.2, 0.25) is 0 Å². The molecule has 2 aliphatic rings. The zero-order chi connectivity index (χ0) is 19.1. The molecule has 156 valence electrons. The Kier molecular flexibility index (Phi) is 9.91. The van der Waals surface area contributed by atoms with Crippen LogP contribution in [-0.4, -0.2) is 55.2 Å². The average molecular weight is 516 g/mol. The number of nitrogens with zero attached hydrogens (tertiary/aromatic N) is 2. The smallest absolute Gasteiger partial charge is 0.225 e. The first-order valence-corrected chi connectivity index (χ1v) is 11.1. The van der Waals surface area contributed by atoms with Crippen LogP contribution in [0.15, 0.2) is 34.2 Å². The lowest BCUT2D eigenvalue weighted by molar-refractivity contribution is -0.134. The first-order valence-electron chi connectivity index (χ1n) is 10.1. The van der Waals surface area contributed by atoms with Gasteiger partial charge in [0.2, 0.25) is 5.91 Å². The maximum Gasteiger partial charge on any atom is 0.225 e. The molecule has 1 saturated carbocycles. The minimum atomic E-state index is 0. The van der Waals surface area contributed by atoms with E-state index in [1.165, 1.54) is 23.3 Å². The number of likely N-dealkylation sites (tertiary alicyclic amines) is 1. The van der Waals surface area contributed by atoms with Gasteiger partial charge in [0.25, 0.3) is 0 Å². The molecular formula is C21H33IN4OS. The molecule has 2 N–H and O–H groups in total. The van der Waals surface area contributed by atoms with E-state index in [1.54, 1.807) is 7.05 Å². The van der Waals surface area contributed by atoms with Crippen LogP contribution in [0, 0.1) is 12.8 Å². The summed E-state index contributed by atoms with van der Waals surface area (Å²) in [5.41, 5.74) is 1.29. The van der Waals surface area contributed by atoms with Crippen LogP contribution in [0.1, 0.15) is 37.7 Å². The summed E-state index contributed by atoms with van der Waals surface area (Å²) in [6.07, 6.45) is 5.58. The number of benzene rings is 1. The number of hydrogen-bond donors (Lipinski definition) is 2. The van der Waals surface area contributed by atoms with Crippen LogP contribution in [0.25, 0.3) is 0 Å². The summed E-state index contributed by atoms with van der Waals surface area (Å²) in [6.45, 7) is 4.63. The molecule has 1 aliphatic heterocycles. The van der Waals surface area contributed by atoms with Crippen molar-refractivity contribution in [2.75, 3.05) is 32.4 Å². The van der Waals surface area contributed by atoms with Gasteiger partial charge in [-0.25, -0.2) is 0 Å². The second-order valence-corrected chi connectivity index (χ2v) is 8.72. The molecule has 1 aromatic carbocycles. The van der Waals surface area contributed by atoms with Gasteiger partial charge in [0.05, 0.1) is 0 Å². The summed E-state index contributed by atoms with van der Waals surface area (Å²) in [6, 6.07) is 8.93. The Labute approximate surface area is 190 Å². The number of thioether (sulfide) groups is 1. The zero-order valence-electron chi connectivity index (χ0n) is 16.9. The Balaban J connectivity index is 0.00000280. The number of rotatable bonds is 6. The van der Waals surface area contributed by atoms with E-state index in [0.717, 1.165) is 50.6 Å². The third-order valence-corrected chi connectivity index (χ3v) is 6.47. The van der Waals surface area contributed by atoms with Crippen molar-refractivity contribution >= 4 is 47.6 Å². The standard InChI is InChI=1S/C21H32N4OS.HI/c1-16-7-9-19(10-8-16)27-14-12-23-21(22-2)24-18-11-13-25(15-18)20(26)17-5-3-4-6-17;/h7-10,17-18H,3-6,11-15H2,1-2H3,(H2,22,23,24);1H. The maximum atomic E-state index is 12.6. The zero-order valence-corrected chi connectivity index (χ0v) is 20.1. The Bertz CT molecular complexity index is 646. The lowest BCUT2D eigenvalue weighted by Crippen LogP contribution is -2.45. The lowest BCUT2D eigenvalue weighted by Gasteiger charge is -2.21. The molecule has 7 heteroatoms. The molecule has 1 amide bonds. The summed E-state index contributed by atoms with van der Waals surface area (Å²) in [7, 11) is 1.80. The number of amides is 1. The molecular weight excluding hydrogens is 483 g/mol. The first-order chi connectivity index (χ1) is 13.2. The SMILES string of the molecule is CN=C(NCCSc1ccc(C)cc1)NC1CCN(C(=O)C2CCCC2)C1.I. The number of nitrogens with one attached hydrogen (secondary N) is 2. The lowest BCUT2D eigenvalue weighted by atomic mass is 10.1. The maximum absolute atomic E-state index is 12.6. The summed E-state index contributed by atoms with van der Waals surface area (Å²) in [4.78, 5) is 20.2. The molecule has 1 aromatic rings. The Morgan fingerprint density at radius 3 is 2.61 bits per heavy atom. The highest BCUT2D eigenvalue weighted by Gasteiger charge is 2.32. The van der Waals surface area contributed by atoms with Crippen molar-refractivity contribution in [1.29, 1.82) is 0 Å². The highest BCUT2D eigenvalue weighted by Crippen LogP contribution is 2.27. The molecule has 0 radical (unpaired) electrons. The number of halogens is 1. The third-order valence-electron chi connectivity index (χ3n) is 5.45. The van der Waals surface area contributed by atoms with Gasteiger partial charge < -0.3 is 15.5 Å². The second-order valence-electron chi connectivity index (χ2n) is 7.56. The second kappa shape index (κ2) is 11.9. The Hall–Kier alpha value is -0.960. The molecule has 0 bridgehead atoms. The van der Waals surface area contributed by atoms with Crippen LogP contribution in [0.4, 0.5) is 0 Å². The molecule has 1 saturated heterocycles. The van der Waals surface area contributed by atoms with E-state index in [2.05, 4.69) is 46.8 Å². The molecule has 2 fully saturated rings. The van der Waals surface area contributed by atoms with Gasteiger partial charge in [0, 0.05) is 49.3 Å².